The van der Waals surface area contributed by atoms with Gasteiger partial charge in [-0.2, -0.15) is 0 Å². The quantitative estimate of drug-likeness (QED) is 0.384. The van der Waals surface area contributed by atoms with Gasteiger partial charge in [0.2, 0.25) is 0 Å². The van der Waals surface area contributed by atoms with E-state index >= 15 is 0 Å². The second-order valence-corrected chi connectivity index (χ2v) is 4.75. The van der Waals surface area contributed by atoms with Crippen molar-refractivity contribution in [3.8, 4) is 5.75 Å². The summed E-state index contributed by atoms with van der Waals surface area (Å²) in [6.07, 6.45) is 2.02. The van der Waals surface area contributed by atoms with Crippen LogP contribution in [0, 0.1) is 10.1 Å². The Labute approximate surface area is 135 Å². The Hall–Kier alpha value is -3.36. The number of fused-ring (bicyclic) bond motifs is 1. The maximum atomic E-state index is 12.2. The van der Waals surface area contributed by atoms with E-state index in [1.165, 1.54) is 23.8 Å². The molecule has 0 fully saturated rings. The van der Waals surface area contributed by atoms with E-state index in [0.29, 0.717) is 5.52 Å². The van der Waals surface area contributed by atoms with Crippen molar-refractivity contribution < 1.29 is 29.1 Å². The van der Waals surface area contributed by atoms with Crippen molar-refractivity contribution in [3.05, 3.63) is 39.6 Å². The number of carboxylic acid groups (broad SMARTS) is 1. The van der Waals surface area contributed by atoms with Crippen LogP contribution in [0.15, 0.2) is 18.2 Å². The highest BCUT2D eigenvalue weighted by Crippen LogP contribution is 2.40. The normalized spacial score (nSPS) is 11.0. The number of nitro groups is 1. The maximum absolute atomic E-state index is 12.2. The molecule has 0 saturated carbocycles. The molecule has 24 heavy (non-hydrogen) atoms. The Morgan fingerprint density at radius 1 is 1.33 bits per heavy atom. The van der Waals surface area contributed by atoms with Crippen LogP contribution >= 0.6 is 0 Å². The van der Waals surface area contributed by atoms with Gasteiger partial charge in [-0.15, -0.1) is 0 Å². The van der Waals surface area contributed by atoms with Crippen LogP contribution in [0.4, 0.5) is 5.69 Å². The molecule has 0 amide bonds. The summed E-state index contributed by atoms with van der Waals surface area (Å²) in [6.45, 7) is 0. The lowest BCUT2D eigenvalue weighted by Gasteiger charge is -2.04. The molecule has 1 heterocycles. The van der Waals surface area contributed by atoms with Crippen LogP contribution < -0.4 is 4.74 Å². The molecule has 1 N–H and O–H groups in total. The van der Waals surface area contributed by atoms with E-state index in [1.807, 2.05) is 0 Å². The molecule has 9 nitrogen and oxygen atoms in total. The highest BCUT2D eigenvalue weighted by Gasteiger charge is 2.30. The standard InChI is InChI=1S/C15H14N2O7/c1-16-8-4-6-10(23-2)14(17(21)22)12(8)13(15(20)24-3)9(16)5-7-11(18)19/h4-7H,1-3H3,(H,18,19)/b7-5+. The average molecular weight is 334 g/mol. The number of carboxylic acids is 1. The maximum Gasteiger partial charge on any atom is 0.340 e. The van der Waals surface area contributed by atoms with Crippen LogP contribution in [0.3, 0.4) is 0 Å². The molecule has 1 aromatic heterocycles. The number of carbonyl (C=O) groups excluding carboxylic acids is 1. The molecule has 0 bridgehead atoms. The molecule has 2 rings (SSSR count). The third kappa shape index (κ3) is 2.67. The third-order valence-electron chi connectivity index (χ3n) is 3.52. The summed E-state index contributed by atoms with van der Waals surface area (Å²) >= 11 is 0. The van der Waals surface area contributed by atoms with Gasteiger partial charge < -0.3 is 19.1 Å². The van der Waals surface area contributed by atoms with Crippen molar-refractivity contribution in [2.24, 2.45) is 7.05 Å². The number of nitrogens with zero attached hydrogens (tertiary/aromatic N) is 2. The fraction of sp³-hybridized carbons (Fsp3) is 0.200. The zero-order chi connectivity index (χ0) is 18.0. The number of carbonyl (C=O) groups is 2. The lowest BCUT2D eigenvalue weighted by atomic mass is 10.1. The van der Waals surface area contributed by atoms with Crippen LogP contribution in [-0.2, 0) is 16.6 Å². The number of rotatable bonds is 5. The molecule has 1 aromatic carbocycles. The van der Waals surface area contributed by atoms with Crippen molar-refractivity contribution in [1.82, 2.24) is 4.57 Å². The first-order chi connectivity index (χ1) is 11.3. The van der Waals surface area contributed by atoms with Crippen LogP contribution in [-0.4, -0.2) is 40.8 Å². The minimum atomic E-state index is -1.22. The van der Waals surface area contributed by atoms with E-state index in [4.69, 9.17) is 14.6 Å². The zero-order valence-electron chi connectivity index (χ0n) is 13.1. The lowest BCUT2D eigenvalue weighted by Crippen LogP contribution is -2.05. The molecule has 0 saturated heterocycles. The number of methoxy groups -OCH3 is 2. The number of benzene rings is 1. The monoisotopic (exact) mass is 334 g/mol. The summed E-state index contributed by atoms with van der Waals surface area (Å²) in [7, 11) is 3.98. The van der Waals surface area contributed by atoms with Crippen LogP contribution in [0.5, 0.6) is 5.75 Å². The van der Waals surface area contributed by atoms with Crippen LogP contribution in [0.2, 0.25) is 0 Å². The fourth-order valence-electron chi connectivity index (χ4n) is 2.51. The highest BCUT2D eigenvalue weighted by atomic mass is 16.6. The molecule has 0 radical (unpaired) electrons. The van der Waals surface area contributed by atoms with E-state index in [1.54, 1.807) is 13.1 Å². The fourth-order valence-corrected chi connectivity index (χ4v) is 2.51. The number of aliphatic carboxylic acids is 1. The number of hydrogen-bond donors (Lipinski definition) is 1. The van der Waals surface area contributed by atoms with E-state index in [2.05, 4.69) is 0 Å². The number of aryl methyl sites for hydroxylation is 1. The van der Waals surface area contributed by atoms with Gasteiger partial charge >= 0.3 is 17.6 Å². The first-order valence-corrected chi connectivity index (χ1v) is 6.66. The predicted octanol–water partition coefficient (Wildman–Crippen LogP) is 1.98. The molecule has 126 valence electrons. The van der Waals surface area contributed by atoms with Gasteiger partial charge in [-0.05, 0) is 18.2 Å². The van der Waals surface area contributed by atoms with Crippen molar-refractivity contribution in [2.75, 3.05) is 14.2 Å². The number of esters is 1. The van der Waals surface area contributed by atoms with E-state index in [-0.39, 0.29) is 28.1 Å². The molecule has 0 unspecified atom stereocenters. The van der Waals surface area contributed by atoms with Gasteiger partial charge in [-0.1, -0.05) is 0 Å². The van der Waals surface area contributed by atoms with Gasteiger partial charge in [0.1, 0.15) is 0 Å². The number of nitro benzene ring substituents is 1. The molecule has 0 aliphatic carbocycles. The molecular weight excluding hydrogens is 320 g/mol. The van der Waals surface area contributed by atoms with E-state index in [0.717, 1.165) is 13.2 Å². The van der Waals surface area contributed by atoms with E-state index < -0.39 is 16.9 Å². The molecule has 0 spiro atoms. The van der Waals surface area contributed by atoms with Crippen molar-refractivity contribution in [3.63, 3.8) is 0 Å². The summed E-state index contributed by atoms with van der Waals surface area (Å²) in [6, 6.07) is 2.96. The third-order valence-corrected chi connectivity index (χ3v) is 3.52. The molecular formula is C15H14N2O7. The van der Waals surface area contributed by atoms with Gasteiger partial charge in [0, 0.05) is 13.1 Å². The Morgan fingerprint density at radius 2 is 2.00 bits per heavy atom. The second kappa shape index (κ2) is 6.41. The number of ether oxygens (including phenoxy) is 2. The average Bonchev–Trinajstić information content (AvgIpc) is 2.83. The number of hydrogen-bond acceptors (Lipinski definition) is 6. The summed E-state index contributed by atoms with van der Waals surface area (Å²) < 4.78 is 11.2. The number of aromatic nitrogens is 1. The summed E-state index contributed by atoms with van der Waals surface area (Å²) in [5.74, 6) is -2.05. The van der Waals surface area contributed by atoms with Gasteiger partial charge in [-0.25, -0.2) is 9.59 Å². The van der Waals surface area contributed by atoms with Gasteiger partial charge in [0.25, 0.3) is 0 Å². The Balaban J connectivity index is 3.01. The Morgan fingerprint density at radius 3 is 2.50 bits per heavy atom. The smallest absolute Gasteiger partial charge is 0.340 e. The zero-order valence-corrected chi connectivity index (χ0v) is 13.1. The Kier molecular flexibility index (Phi) is 4.54. The highest BCUT2D eigenvalue weighted by molar-refractivity contribution is 6.12. The molecule has 2 aromatic rings. The van der Waals surface area contributed by atoms with E-state index in [9.17, 15) is 19.7 Å². The molecule has 0 aliphatic rings. The minimum Gasteiger partial charge on any atom is -0.490 e. The van der Waals surface area contributed by atoms with Crippen molar-refractivity contribution in [2.45, 2.75) is 0 Å². The minimum absolute atomic E-state index is 0.0167. The van der Waals surface area contributed by atoms with Gasteiger partial charge in [0.05, 0.1) is 41.3 Å². The van der Waals surface area contributed by atoms with Crippen molar-refractivity contribution >= 4 is 34.6 Å². The van der Waals surface area contributed by atoms with Gasteiger partial charge in [0.15, 0.2) is 5.75 Å². The van der Waals surface area contributed by atoms with Crippen molar-refractivity contribution in [1.29, 1.82) is 0 Å². The van der Waals surface area contributed by atoms with Gasteiger partial charge in [-0.3, -0.25) is 10.1 Å². The summed E-state index contributed by atoms with van der Waals surface area (Å²) in [5.41, 5.74) is 0.0580. The summed E-state index contributed by atoms with van der Waals surface area (Å²) in [5, 5.41) is 20.3. The molecule has 0 atom stereocenters. The second-order valence-electron chi connectivity index (χ2n) is 4.75. The largest absolute Gasteiger partial charge is 0.490 e. The van der Waals surface area contributed by atoms with Crippen LogP contribution in [0.25, 0.3) is 17.0 Å². The first kappa shape index (κ1) is 17.0. The predicted molar refractivity (Wildman–Crippen MR) is 84.1 cm³/mol. The molecule has 9 heteroatoms. The SMILES string of the molecule is COC(=O)c1c(/C=C/C(=O)O)n(C)c2ccc(OC)c([N+](=O)[O-])c12. The topological polar surface area (TPSA) is 121 Å². The lowest BCUT2D eigenvalue weighted by molar-refractivity contribution is -0.384. The Bertz CT molecular complexity index is 880. The molecule has 0 aliphatic heterocycles. The first-order valence-electron chi connectivity index (χ1n) is 6.66. The summed E-state index contributed by atoms with van der Waals surface area (Å²) in [4.78, 5) is 33.8. The van der Waals surface area contributed by atoms with Crippen LogP contribution in [0.1, 0.15) is 16.1 Å².